The summed E-state index contributed by atoms with van der Waals surface area (Å²) in [6.45, 7) is 0.695. The van der Waals surface area contributed by atoms with Gasteiger partial charge in [-0.3, -0.25) is 4.79 Å². The number of rotatable bonds is 3. The molecule has 108 valence electrons. The van der Waals surface area contributed by atoms with Crippen LogP contribution in [0.5, 0.6) is 5.75 Å². The molecule has 1 aliphatic rings. The van der Waals surface area contributed by atoms with Gasteiger partial charge in [-0.05, 0) is 35.4 Å². The highest BCUT2D eigenvalue weighted by atomic mass is 35.5. The van der Waals surface area contributed by atoms with Gasteiger partial charge in [0.2, 0.25) is 5.91 Å². The SMILES string of the molecule is COc1ccc(C2CNC(=O)C2)cc1-c1cccc(Cl)c1. The Morgan fingerprint density at radius 3 is 2.76 bits per heavy atom. The number of amides is 1. The molecule has 1 unspecified atom stereocenters. The Balaban J connectivity index is 2.03. The van der Waals surface area contributed by atoms with Crippen molar-refractivity contribution in [3.8, 4) is 16.9 Å². The van der Waals surface area contributed by atoms with Crippen LogP contribution in [0.25, 0.3) is 11.1 Å². The van der Waals surface area contributed by atoms with Crippen molar-refractivity contribution in [1.82, 2.24) is 5.32 Å². The zero-order valence-electron chi connectivity index (χ0n) is 11.7. The second-order valence-corrected chi connectivity index (χ2v) is 5.61. The highest BCUT2D eigenvalue weighted by Gasteiger charge is 2.23. The van der Waals surface area contributed by atoms with Gasteiger partial charge in [-0.1, -0.05) is 29.8 Å². The van der Waals surface area contributed by atoms with Crippen LogP contribution in [0.4, 0.5) is 0 Å². The lowest BCUT2D eigenvalue weighted by atomic mass is 9.94. The number of halogens is 1. The minimum Gasteiger partial charge on any atom is -0.496 e. The first-order chi connectivity index (χ1) is 10.2. The Bertz CT molecular complexity index is 684. The van der Waals surface area contributed by atoms with Crippen LogP contribution in [-0.2, 0) is 4.79 Å². The predicted octanol–water partition coefficient (Wildman–Crippen LogP) is 3.62. The molecule has 1 heterocycles. The van der Waals surface area contributed by atoms with E-state index in [9.17, 15) is 4.79 Å². The molecule has 0 bridgehead atoms. The van der Waals surface area contributed by atoms with Crippen molar-refractivity contribution in [2.75, 3.05) is 13.7 Å². The third-order valence-corrected chi connectivity index (χ3v) is 4.04. The van der Waals surface area contributed by atoms with Gasteiger partial charge in [-0.15, -0.1) is 0 Å². The predicted molar refractivity (Wildman–Crippen MR) is 83.8 cm³/mol. The van der Waals surface area contributed by atoms with E-state index in [-0.39, 0.29) is 11.8 Å². The summed E-state index contributed by atoms with van der Waals surface area (Å²) in [5.74, 6) is 1.14. The molecule has 3 rings (SSSR count). The third kappa shape index (κ3) is 2.88. The van der Waals surface area contributed by atoms with E-state index in [0.29, 0.717) is 18.0 Å². The van der Waals surface area contributed by atoms with Gasteiger partial charge in [0.25, 0.3) is 0 Å². The number of benzene rings is 2. The monoisotopic (exact) mass is 301 g/mol. The fourth-order valence-electron chi connectivity index (χ4n) is 2.70. The molecule has 0 radical (unpaired) electrons. The molecule has 0 saturated carbocycles. The summed E-state index contributed by atoms with van der Waals surface area (Å²) in [5.41, 5.74) is 3.15. The summed E-state index contributed by atoms with van der Waals surface area (Å²) in [6.07, 6.45) is 0.543. The highest BCUT2D eigenvalue weighted by molar-refractivity contribution is 6.30. The van der Waals surface area contributed by atoms with Crippen LogP contribution in [0.15, 0.2) is 42.5 Å². The number of carbonyl (C=O) groups is 1. The molecule has 1 atom stereocenters. The van der Waals surface area contributed by atoms with E-state index in [1.807, 2.05) is 36.4 Å². The molecule has 1 N–H and O–H groups in total. The zero-order valence-corrected chi connectivity index (χ0v) is 12.5. The van der Waals surface area contributed by atoms with E-state index in [2.05, 4.69) is 11.4 Å². The van der Waals surface area contributed by atoms with Gasteiger partial charge in [-0.25, -0.2) is 0 Å². The topological polar surface area (TPSA) is 38.3 Å². The van der Waals surface area contributed by atoms with Crippen LogP contribution < -0.4 is 10.1 Å². The van der Waals surface area contributed by atoms with E-state index in [1.165, 1.54) is 0 Å². The summed E-state index contributed by atoms with van der Waals surface area (Å²) >= 11 is 6.08. The summed E-state index contributed by atoms with van der Waals surface area (Å²) in [6, 6.07) is 13.8. The van der Waals surface area contributed by atoms with Gasteiger partial charge in [0, 0.05) is 29.5 Å². The number of methoxy groups -OCH3 is 1. The van der Waals surface area contributed by atoms with Gasteiger partial charge in [0.05, 0.1) is 7.11 Å². The summed E-state index contributed by atoms with van der Waals surface area (Å²) in [4.78, 5) is 11.4. The van der Waals surface area contributed by atoms with Crippen LogP contribution in [0, 0.1) is 0 Å². The number of hydrogen-bond donors (Lipinski definition) is 1. The van der Waals surface area contributed by atoms with Gasteiger partial charge in [0.1, 0.15) is 5.75 Å². The number of nitrogens with one attached hydrogen (secondary N) is 1. The van der Waals surface area contributed by atoms with E-state index < -0.39 is 0 Å². The summed E-state index contributed by atoms with van der Waals surface area (Å²) in [5, 5.41) is 3.57. The normalized spacial score (nSPS) is 17.6. The maximum atomic E-state index is 11.4. The summed E-state index contributed by atoms with van der Waals surface area (Å²) in [7, 11) is 1.66. The van der Waals surface area contributed by atoms with E-state index in [4.69, 9.17) is 16.3 Å². The van der Waals surface area contributed by atoms with Crippen molar-refractivity contribution in [2.24, 2.45) is 0 Å². The maximum absolute atomic E-state index is 11.4. The lowest BCUT2D eigenvalue weighted by Crippen LogP contribution is -2.13. The number of ether oxygens (including phenoxy) is 1. The molecule has 0 aliphatic carbocycles. The lowest BCUT2D eigenvalue weighted by molar-refractivity contribution is -0.119. The molecule has 2 aromatic rings. The molecule has 4 heteroatoms. The van der Waals surface area contributed by atoms with Gasteiger partial charge in [-0.2, -0.15) is 0 Å². The molecule has 0 aromatic heterocycles. The molecule has 0 spiro atoms. The molecular formula is C17H16ClNO2. The molecule has 1 amide bonds. The van der Waals surface area contributed by atoms with Crippen LogP contribution in [0.1, 0.15) is 17.9 Å². The lowest BCUT2D eigenvalue weighted by Gasteiger charge is -2.14. The highest BCUT2D eigenvalue weighted by Crippen LogP contribution is 2.35. The van der Waals surface area contributed by atoms with Crippen LogP contribution >= 0.6 is 11.6 Å². The van der Waals surface area contributed by atoms with Crippen LogP contribution in [0.3, 0.4) is 0 Å². The standard InChI is InChI=1S/C17H16ClNO2/c1-21-16-6-5-11(13-9-17(20)19-10-13)8-15(16)12-3-2-4-14(18)7-12/h2-8,13H,9-10H2,1H3,(H,19,20). The quantitative estimate of drug-likeness (QED) is 0.940. The molecular weight excluding hydrogens is 286 g/mol. The molecule has 2 aromatic carbocycles. The number of carbonyl (C=O) groups excluding carboxylic acids is 1. The first-order valence-electron chi connectivity index (χ1n) is 6.88. The van der Waals surface area contributed by atoms with Crippen LogP contribution in [-0.4, -0.2) is 19.6 Å². The largest absolute Gasteiger partial charge is 0.496 e. The first kappa shape index (κ1) is 14.0. The minimum absolute atomic E-state index is 0.111. The molecule has 1 saturated heterocycles. The molecule has 1 fully saturated rings. The molecule has 21 heavy (non-hydrogen) atoms. The fourth-order valence-corrected chi connectivity index (χ4v) is 2.89. The Morgan fingerprint density at radius 1 is 1.24 bits per heavy atom. The van der Waals surface area contributed by atoms with Gasteiger partial charge < -0.3 is 10.1 Å². The van der Waals surface area contributed by atoms with Gasteiger partial charge >= 0.3 is 0 Å². The van der Waals surface area contributed by atoms with Crippen molar-refractivity contribution >= 4 is 17.5 Å². The van der Waals surface area contributed by atoms with Crippen molar-refractivity contribution in [3.05, 3.63) is 53.1 Å². The van der Waals surface area contributed by atoms with Crippen molar-refractivity contribution in [2.45, 2.75) is 12.3 Å². The molecule has 1 aliphatic heterocycles. The molecule has 3 nitrogen and oxygen atoms in total. The first-order valence-corrected chi connectivity index (χ1v) is 7.26. The minimum atomic E-state index is 0.111. The zero-order chi connectivity index (χ0) is 14.8. The van der Waals surface area contributed by atoms with Crippen molar-refractivity contribution in [1.29, 1.82) is 0 Å². The smallest absolute Gasteiger partial charge is 0.220 e. The number of hydrogen-bond acceptors (Lipinski definition) is 2. The maximum Gasteiger partial charge on any atom is 0.220 e. The van der Waals surface area contributed by atoms with Crippen LogP contribution in [0.2, 0.25) is 5.02 Å². The Kier molecular flexibility index (Phi) is 3.84. The van der Waals surface area contributed by atoms with Gasteiger partial charge in [0.15, 0.2) is 0 Å². The average Bonchev–Trinajstić information content (AvgIpc) is 2.93. The Morgan fingerprint density at radius 2 is 2.10 bits per heavy atom. The van der Waals surface area contributed by atoms with Crippen molar-refractivity contribution < 1.29 is 9.53 Å². The Labute approximate surface area is 128 Å². The average molecular weight is 302 g/mol. The van der Waals surface area contributed by atoms with E-state index >= 15 is 0 Å². The second-order valence-electron chi connectivity index (χ2n) is 5.18. The fraction of sp³-hybridized carbons (Fsp3) is 0.235. The van der Waals surface area contributed by atoms with E-state index in [0.717, 1.165) is 22.4 Å². The Hall–Kier alpha value is -2.00. The third-order valence-electron chi connectivity index (χ3n) is 3.81. The van der Waals surface area contributed by atoms with Crippen molar-refractivity contribution in [3.63, 3.8) is 0 Å². The van der Waals surface area contributed by atoms with E-state index in [1.54, 1.807) is 7.11 Å². The summed E-state index contributed by atoms with van der Waals surface area (Å²) < 4.78 is 5.45. The second kappa shape index (κ2) is 5.78.